The van der Waals surface area contributed by atoms with Gasteiger partial charge in [0.15, 0.2) is 0 Å². The zero-order valence-electron chi connectivity index (χ0n) is 13.8. The van der Waals surface area contributed by atoms with Gasteiger partial charge in [-0.15, -0.1) is 11.8 Å². The van der Waals surface area contributed by atoms with Gasteiger partial charge < -0.3 is 4.52 Å². The first-order valence-electron chi connectivity index (χ1n) is 8.09. The maximum Gasteiger partial charge on any atom is 0.459 e. The third-order valence-corrected chi connectivity index (χ3v) is 4.84. The Morgan fingerprint density at radius 1 is 1.12 bits per heavy atom. The third kappa shape index (κ3) is 3.62. The summed E-state index contributed by atoms with van der Waals surface area (Å²) >= 11 is 1.85. The van der Waals surface area contributed by atoms with E-state index < -0.39 is 5.76 Å². The van der Waals surface area contributed by atoms with Crippen molar-refractivity contribution in [3.05, 3.63) is 70.0 Å². The zero-order valence-corrected chi connectivity index (χ0v) is 14.7. The first-order valence-corrected chi connectivity index (χ1v) is 9.08. The fourth-order valence-corrected chi connectivity index (χ4v) is 3.61. The van der Waals surface area contributed by atoms with Crippen LogP contribution in [0.2, 0.25) is 0 Å². The van der Waals surface area contributed by atoms with Crippen molar-refractivity contribution in [2.45, 2.75) is 31.6 Å². The van der Waals surface area contributed by atoms with Gasteiger partial charge in [-0.05, 0) is 40.5 Å². The number of thioether (sulfide) groups is 1. The number of hydrogen-bond donors (Lipinski definition) is 1. The molecule has 24 heavy (non-hydrogen) atoms. The smallest absolute Gasteiger partial charge is 0.321 e. The Balaban J connectivity index is 2.04. The molecule has 0 amide bonds. The molecule has 3 rings (SSSR count). The van der Waals surface area contributed by atoms with Gasteiger partial charge in [0.2, 0.25) is 0 Å². The molecule has 2 aromatic carbocycles. The first kappa shape index (κ1) is 16.6. The van der Waals surface area contributed by atoms with Gasteiger partial charge in [0.1, 0.15) is 5.82 Å². The maximum atomic E-state index is 11.1. The molecule has 5 heteroatoms. The van der Waals surface area contributed by atoms with Crippen LogP contribution in [-0.2, 0) is 12.8 Å². The number of hydrogen-bond acceptors (Lipinski definition) is 4. The molecule has 3 aromatic rings. The van der Waals surface area contributed by atoms with E-state index in [0.29, 0.717) is 12.2 Å². The van der Waals surface area contributed by atoms with Crippen LogP contribution in [0.4, 0.5) is 0 Å². The first-order chi connectivity index (χ1) is 11.7. The molecule has 124 valence electrons. The van der Waals surface area contributed by atoms with Crippen molar-refractivity contribution in [3.8, 4) is 11.1 Å². The summed E-state index contributed by atoms with van der Waals surface area (Å²) in [6, 6.07) is 14.9. The number of nitrogens with one attached hydrogen (secondary N) is 1. The SMILES string of the molecule is CCSc1cc(CC)ccc1-c1ccccc1Cc1nc(=O)o[nH]1. The van der Waals surface area contributed by atoms with Gasteiger partial charge >= 0.3 is 5.76 Å². The van der Waals surface area contributed by atoms with Crippen molar-refractivity contribution in [3.63, 3.8) is 0 Å². The lowest BCUT2D eigenvalue weighted by Crippen LogP contribution is -1.99. The number of aryl methyl sites for hydroxylation is 1. The molecule has 0 saturated heterocycles. The second-order valence-corrected chi connectivity index (χ2v) is 6.79. The molecule has 0 spiro atoms. The van der Waals surface area contributed by atoms with Crippen LogP contribution < -0.4 is 5.76 Å². The standard InChI is InChI=1S/C19H20N2O2S/c1-3-13-9-10-16(17(11-13)24-4-2)15-8-6-5-7-14(15)12-18-20-19(22)23-21-18/h5-11H,3-4,12H2,1-2H3,(H,20,21,22). The van der Waals surface area contributed by atoms with Crippen LogP contribution >= 0.6 is 11.8 Å². The predicted octanol–water partition coefficient (Wildman–Crippen LogP) is 4.30. The monoisotopic (exact) mass is 340 g/mol. The number of benzene rings is 2. The molecule has 0 unspecified atom stereocenters. The summed E-state index contributed by atoms with van der Waals surface area (Å²) in [5.41, 5.74) is 4.85. The Labute approximate surface area is 145 Å². The highest BCUT2D eigenvalue weighted by Gasteiger charge is 2.12. The molecule has 4 nitrogen and oxygen atoms in total. The van der Waals surface area contributed by atoms with Crippen LogP contribution in [0.3, 0.4) is 0 Å². The number of rotatable bonds is 6. The molecule has 0 saturated carbocycles. The lowest BCUT2D eigenvalue weighted by atomic mass is 9.96. The van der Waals surface area contributed by atoms with Crippen LogP contribution in [0.5, 0.6) is 0 Å². The van der Waals surface area contributed by atoms with Gasteiger partial charge in [-0.2, -0.15) is 4.98 Å². The van der Waals surface area contributed by atoms with Crippen LogP contribution in [0.1, 0.15) is 30.8 Å². The van der Waals surface area contributed by atoms with Gasteiger partial charge in [0, 0.05) is 11.3 Å². The summed E-state index contributed by atoms with van der Waals surface area (Å²) in [5, 5.41) is 2.59. The second-order valence-electron chi connectivity index (χ2n) is 5.48. The van der Waals surface area contributed by atoms with Gasteiger partial charge in [-0.1, -0.05) is 50.2 Å². The molecule has 1 heterocycles. The quantitative estimate of drug-likeness (QED) is 0.680. The van der Waals surface area contributed by atoms with Gasteiger partial charge in [-0.3, -0.25) is 0 Å². The van der Waals surface area contributed by atoms with E-state index >= 15 is 0 Å². The molecule has 1 aromatic heterocycles. The molecule has 0 fully saturated rings. The van der Waals surface area contributed by atoms with E-state index in [9.17, 15) is 4.79 Å². The Hall–Kier alpha value is -2.27. The minimum absolute atomic E-state index is 0.535. The molecule has 0 aliphatic rings. The van der Waals surface area contributed by atoms with Crippen molar-refractivity contribution in [2.75, 3.05) is 5.75 Å². The highest BCUT2D eigenvalue weighted by molar-refractivity contribution is 7.99. The largest absolute Gasteiger partial charge is 0.459 e. The average Bonchev–Trinajstić information content (AvgIpc) is 3.01. The second kappa shape index (κ2) is 7.53. The van der Waals surface area contributed by atoms with Crippen molar-refractivity contribution in [1.29, 1.82) is 0 Å². The summed E-state index contributed by atoms with van der Waals surface area (Å²) in [5.74, 6) is 0.984. The normalized spacial score (nSPS) is 10.9. The zero-order chi connectivity index (χ0) is 16.9. The average molecular weight is 340 g/mol. The van der Waals surface area contributed by atoms with Crippen LogP contribution in [0.25, 0.3) is 11.1 Å². The molecule has 0 radical (unpaired) electrons. The van der Waals surface area contributed by atoms with Crippen molar-refractivity contribution in [2.24, 2.45) is 0 Å². The molecule has 0 bridgehead atoms. The summed E-state index contributed by atoms with van der Waals surface area (Å²) in [6.45, 7) is 4.34. The van der Waals surface area contributed by atoms with Crippen molar-refractivity contribution >= 4 is 11.8 Å². The molecular weight excluding hydrogens is 320 g/mol. The number of nitrogens with zero attached hydrogens (tertiary/aromatic N) is 1. The van der Waals surface area contributed by atoms with Crippen LogP contribution in [-0.4, -0.2) is 15.9 Å². The summed E-state index contributed by atoms with van der Waals surface area (Å²) in [4.78, 5) is 16.3. The molecule has 0 aliphatic carbocycles. The summed E-state index contributed by atoms with van der Waals surface area (Å²) in [7, 11) is 0. The van der Waals surface area contributed by atoms with E-state index in [2.05, 4.69) is 58.8 Å². The topological polar surface area (TPSA) is 58.9 Å². The third-order valence-electron chi connectivity index (χ3n) is 3.90. The van der Waals surface area contributed by atoms with E-state index in [4.69, 9.17) is 0 Å². The van der Waals surface area contributed by atoms with E-state index in [1.807, 2.05) is 23.9 Å². The Kier molecular flexibility index (Phi) is 5.20. The molecule has 0 aliphatic heterocycles. The summed E-state index contributed by atoms with van der Waals surface area (Å²) in [6.07, 6.45) is 1.56. The van der Waals surface area contributed by atoms with Crippen LogP contribution in [0, 0.1) is 0 Å². The lowest BCUT2D eigenvalue weighted by Gasteiger charge is -2.14. The lowest BCUT2D eigenvalue weighted by molar-refractivity contribution is 0.382. The fourth-order valence-electron chi connectivity index (χ4n) is 2.74. The molecule has 0 atom stereocenters. The van der Waals surface area contributed by atoms with Gasteiger partial charge in [0.25, 0.3) is 0 Å². The predicted molar refractivity (Wildman–Crippen MR) is 97.6 cm³/mol. The number of aromatic nitrogens is 2. The van der Waals surface area contributed by atoms with Crippen LogP contribution in [0.15, 0.2) is 56.7 Å². The summed E-state index contributed by atoms with van der Waals surface area (Å²) < 4.78 is 4.68. The number of H-pyrrole nitrogens is 1. The Morgan fingerprint density at radius 2 is 1.96 bits per heavy atom. The Bertz CT molecular complexity index is 883. The van der Waals surface area contributed by atoms with E-state index in [-0.39, 0.29) is 0 Å². The minimum atomic E-state index is -0.586. The molecule has 1 N–H and O–H groups in total. The Morgan fingerprint density at radius 3 is 2.67 bits per heavy atom. The van der Waals surface area contributed by atoms with E-state index in [1.165, 1.54) is 21.6 Å². The highest BCUT2D eigenvalue weighted by atomic mass is 32.2. The van der Waals surface area contributed by atoms with Gasteiger partial charge in [-0.25, -0.2) is 9.95 Å². The molecular formula is C19H20N2O2S. The van der Waals surface area contributed by atoms with Crippen molar-refractivity contribution in [1.82, 2.24) is 10.1 Å². The fraction of sp³-hybridized carbons (Fsp3) is 0.263. The minimum Gasteiger partial charge on any atom is -0.321 e. The van der Waals surface area contributed by atoms with Crippen molar-refractivity contribution < 1.29 is 4.52 Å². The maximum absolute atomic E-state index is 11.1. The van der Waals surface area contributed by atoms with E-state index in [1.54, 1.807) is 0 Å². The van der Waals surface area contributed by atoms with E-state index in [0.717, 1.165) is 17.7 Å². The number of aromatic amines is 1. The van der Waals surface area contributed by atoms with Gasteiger partial charge in [0.05, 0.1) is 0 Å². The highest BCUT2D eigenvalue weighted by Crippen LogP contribution is 2.35.